The number of rotatable bonds is 6. The largest absolute Gasteiger partial charge is 0.504 e. The molecule has 0 fully saturated rings. The van der Waals surface area contributed by atoms with Crippen molar-refractivity contribution in [3.63, 3.8) is 0 Å². The van der Waals surface area contributed by atoms with Crippen LogP contribution >= 0.6 is 0 Å². The lowest BCUT2D eigenvalue weighted by atomic mass is 10.2. The van der Waals surface area contributed by atoms with Crippen LogP contribution in [0.25, 0.3) is 0 Å². The summed E-state index contributed by atoms with van der Waals surface area (Å²) in [6.07, 6.45) is 0. The lowest BCUT2D eigenvalue weighted by Crippen LogP contribution is -1.95. The summed E-state index contributed by atoms with van der Waals surface area (Å²) in [4.78, 5) is 0. The molecule has 0 amide bonds. The maximum atomic E-state index is 10.5. The average Bonchev–Trinajstić information content (AvgIpc) is 2.75. The van der Waals surface area contributed by atoms with Gasteiger partial charge in [0.15, 0.2) is 11.5 Å². The minimum atomic E-state index is -0.0461. The van der Waals surface area contributed by atoms with Crippen LogP contribution in [0.15, 0.2) is 103 Å². The van der Waals surface area contributed by atoms with Gasteiger partial charge in [0.1, 0.15) is 17.2 Å². The molecule has 0 aliphatic rings. The lowest BCUT2D eigenvalue weighted by molar-refractivity contribution is 0.362. The molecule has 0 heterocycles. The van der Waals surface area contributed by atoms with Crippen LogP contribution in [0.1, 0.15) is 0 Å². The number of hydrogen-bond acceptors (Lipinski definition) is 4. The number of para-hydroxylation sites is 3. The summed E-state index contributed by atoms with van der Waals surface area (Å²) in [6.45, 7) is 0. The van der Waals surface area contributed by atoms with E-state index in [-0.39, 0.29) is 11.5 Å². The Morgan fingerprint density at radius 1 is 0.429 bits per heavy atom. The van der Waals surface area contributed by atoms with Gasteiger partial charge in [0, 0.05) is 0 Å². The minimum Gasteiger partial charge on any atom is -0.504 e. The van der Waals surface area contributed by atoms with Crippen molar-refractivity contribution in [2.24, 2.45) is 0 Å². The van der Waals surface area contributed by atoms with Crippen molar-refractivity contribution < 1.29 is 19.3 Å². The Morgan fingerprint density at radius 2 is 0.857 bits per heavy atom. The van der Waals surface area contributed by atoms with Crippen molar-refractivity contribution >= 4 is 0 Å². The molecular formula is C24H18O4. The van der Waals surface area contributed by atoms with Crippen LogP contribution in [0.4, 0.5) is 0 Å². The van der Waals surface area contributed by atoms with Crippen molar-refractivity contribution in [3.8, 4) is 40.2 Å². The Bertz CT molecular complexity index is 1030. The summed E-state index contributed by atoms with van der Waals surface area (Å²) in [7, 11) is 0. The Hall–Kier alpha value is -3.92. The zero-order valence-corrected chi connectivity index (χ0v) is 15.0. The molecule has 0 bridgehead atoms. The first-order valence-corrected chi connectivity index (χ1v) is 8.84. The molecular weight excluding hydrogens is 352 g/mol. The number of aromatic hydroxyl groups is 1. The van der Waals surface area contributed by atoms with Crippen LogP contribution < -0.4 is 14.2 Å². The first-order chi connectivity index (χ1) is 13.8. The first kappa shape index (κ1) is 17.5. The predicted molar refractivity (Wildman–Crippen MR) is 108 cm³/mol. The van der Waals surface area contributed by atoms with Crippen molar-refractivity contribution in [3.05, 3.63) is 103 Å². The maximum absolute atomic E-state index is 10.5. The zero-order valence-electron chi connectivity index (χ0n) is 15.0. The number of ether oxygens (including phenoxy) is 3. The fourth-order valence-corrected chi connectivity index (χ4v) is 2.64. The van der Waals surface area contributed by atoms with Crippen LogP contribution in [0.3, 0.4) is 0 Å². The van der Waals surface area contributed by atoms with Crippen LogP contribution in [-0.2, 0) is 0 Å². The minimum absolute atomic E-state index is 0.0461. The van der Waals surface area contributed by atoms with Crippen molar-refractivity contribution in [2.75, 3.05) is 0 Å². The highest BCUT2D eigenvalue weighted by molar-refractivity contribution is 5.61. The number of phenols is 1. The van der Waals surface area contributed by atoms with Gasteiger partial charge in [0.25, 0.3) is 0 Å². The molecule has 138 valence electrons. The summed E-state index contributed by atoms with van der Waals surface area (Å²) in [5.74, 6) is 2.68. The molecule has 0 saturated heterocycles. The molecule has 4 aromatic rings. The second-order valence-corrected chi connectivity index (χ2v) is 5.99. The summed E-state index contributed by atoms with van der Waals surface area (Å²) >= 11 is 0. The molecule has 4 aromatic carbocycles. The predicted octanol–water partition coefficient (Wildman–Crippen LogP) is 6.77. The smallest absolute Gasteiger partial charge is 0.216 e. The molecule has 28 heavy (non-hydrogen) atoms. The highest BCUT2D eigenvalue weighted by Crippen LogP contribution is 2.48. The van der Waals surface area contributed by atoms with E-state index in [2.05, 4.69) is 0 Å². The number of hydrogen-bond donors (Lipinski definition) is 1. The summed E-state index contributed by atoms with van der Waals surface area (Å²) in [5.41, 5.74) is 0. The third-order valence-corrected chi connectivity index (χ3v) is 3.95. The van der Waals surface area contributed by atoms with Gasteiger partial charge in [-0.1, -0.05) is 54.6 Å². The second kappa shape index (κ2) is 8.18. The maximum Gasteiger partial charge on any atom is 0.216 e. The summed E-state index contributed by atoms with van der Waals surface area (Å²) < 4.78 is 18.0. The fraction of sp³-hybridized carbons (Fsp3) is 0. The van der Waals surface area contributed by atoms with Crippen LogP contribution in [0.2, 0.25) is 0 Å². The van der Waals surface area contributed by atoms with E-state index in [4.69, 9.17) is 14.2 Å². The molecule has 4 heteroatoms. The normalized spacial score (nSPS) is 10.3. The van der Waals surface area contributed by atoms with E-state index in [1.54, 1.807) is 18.2 Å². The fourth-order valence-electron chi connectivity index (χ4n) is 2.64. The number of benzene rings is 4. The van der Waals surface area contributed by atoms with Gasteiger partial charge in [-0.15, -0.1) is 0 Å². The molecule has 0 spiro atoms. The van der Waals surface area contributed by atoms with Gasteiger partial charge in [0.05, 0.1) is 0 Å². The Balaban J connectivity index is 1.77. The van der Waals surface area contributed by atoms with Gasteiger partial charge >= 0.3 is 0 Å². The molecule has 0 aliphatic heterocycles. The van der Waals surface area contributed by atoms with Crippen LogP contribution in [0.5, 0.6) is 40.2 Å². The average molecular weight is 370 g/mol. The first-order valence-electron chi connectivity index (χ1n) is 8.84. The number of phenolic OH excluding ortho intramolecular Hbond substituents is 1. The molecule has 0 unspecified atom stereocenters. The van der Waals surface area contributed by atoms with Crippen molar-refractivity contribution in [1.82, 2.24) is 0 Å². The van der Waals surface area contributed by atoms with E-state index in [1.807, 2.05) is 78.9 Å². The zero-order chi connectivity index (χ0) is 19.2. The van der Waals surface area contributed by atoms with E-state index in [0.717, 1.165) is 0 Å². The lowest BCUT2D eigenvalue weighted by Gasteiger charge is -2.17. The quantitative estimate of drug-likeness (QED) is 0.407. The van der Waals surface area contributed by atoms with Gasteiger partial charge in [-0.2, -0.15) is 0 Å². The van der Waals surface area contributed by atoms with E-state index in [1.165, 1.54) is 6.07 Å². The van der Waals surface area contributed by atoms with Gasteiger partial charge in [-0.25, -0.2) is 0 Å². The molecule has 1 N–H and O–H groups in total. The summed E-state index contributed by atoms with van der Waals surface area (Å²) in [6, 6.07) is 31.0. The van der Waals surface area contributed by atoms with Crippen molar-refractivity contribution in [2.45, 2.75) is 0 Å². The second-order valence-electron chi connectivity index (χ2n) is 5.99. The van der Waals surface area contributed by atoms with Gasteiger partial charge in [-0.3, -0.25) is 0 Å². The van der Waals surface area contributed by atoms with Crippen LogP contribution in [-0.4, -0.2) is 5.11 Å². The molecule has 4 nitrogen and oxygen atoms in total. The molecule has 4 rings (SSSR count). The Labute approximate surface area is 163 Å². The third kappa shape index (κ3) is 4.07. The molecule has 0 radical (unpaired) electrons. The topological polar surface area (TPSA) is 47.9 Å². The SMILES string of the molecule is Oc1ccc(Oc2ccccc2)c(Oc2ccccc2)c1Oc1ccccc1. The molecule has 0 aromatic heterocycles. The highest BCUT2D eigenvalue weighted by atomic mass is 16.5. The van der Waals surface area contributed by atoms with E-state index >= 15 is 0 Å². The third-order valence-electron chi connectivity index (χ3n) is 3.95. The van der Waals surface area contributed by atoms with Gasteiger partial charge < -0.3 is 19.3 Å². The van der Waals surface area contributed by atoms with Crippen molar-refractivity contribution in [1.29, 1.82) is 0 Å². The van der Waals surface area contributed by atoms with Gasteiger partial charge in [0.2, 0.25) is 11.5 Å². The molecule has 0 atom stereocenters. The molecule has 0 aliphatic carbocycles. The van der Waals surface area contributed by atoms with E-state index in [9.17, 15) is 5.11 Å². The van der Waals surface area contributed by atoms with Crippen LogP contribution in [0, 0.1) is 0 Å². The highest BCUT2D eigenvalue weighted by Gasteiger charge is 2.20. The Kier molecular flexibility index (Phi) is 5.11. The molecule has 0 saturated carbocycles. The Morgan fingerprint density at radius 3 is 1.36 bits per heavy atom. The van der Waals surface area contributed by atoms with Gasteiger partial charge in [-0.05, 0) is 48.5 Å². The standard InChI is InChI=1S/C24H18O4/c25-21-16-17-22(26-18-10-4-1-5-11-18)24(28-20-14-8-3-9-15-20)23(21)27-19-12-6-2-7-13-19/h1-17,25H. The van der Waals surface area contributed by atoms with E-state index < -0.39 is 0 Å². The van der Waals surface area contributed by atoms with E-state index in [0.29, 0.717) is 28.7 Å². The summed E-state index contributed by atoms with van der Waals surface area (Å²) in [5, 5.41) is 10.5. The monoisotopic (exact) mass is 370 g/mol.